The lowest BCUT2D eigenvalue weighted by atomic mass is 10.1. The number of rotatable bonds is 3. The zero-order valence-corrected chi connectivity index (χ0v) is 12.2. The van der Waals surface area contributed by atoms with Gasteiger partial charge in [-0.3, -0.25) is 9.80 Å². The van der Waals surface area contributed by atoms with Gasteiger partial charge in [-0.25, -0.2) is 0 Å². The number of nitriles is 1. The maximum absolute atomic E-state index is 8.96. The Morgan fingerprint density at radius 2 is 1.33 bits per heavy atom. The molecule has 5 nitrogen and oxygen atoms in total. The Morgan fingerprint density at radius 1 is 0.857 bits per heavy atom. The first-order chi connectivity index (χ1) is 10.4. The Hall–Kier alpha value is -1.45. The Kier molecular flexibility index (Phi) is 4.84. The van der Waals surface area contributed by atoms with Gasteiger partial charge in [-0.1, -0.05) is 12.1 Å². The van der Waals surface area contributed by atoms with Crippen LogP contribution in [0.3, 0.4) is 0 Å². The summed E-state index contributed by atoms with van der Waals surface area (Å²) in [6, 6.07) is 10.2. The molecular formula is C16H21N3O2. The van der Waals surface area contributed by atoms with Crippen molar-refractivity contribution in [2.75, 3.05) is 52.6 Å². The van der Waals surface area contributed by atoms with Crippen molar-refractivity contribution < 1.29 is 9.47 Å². The Morgan fingerprint density at radius 3 is 1.76 bits per heavy atom. The third kappa shape index (κ3) is 3.42. The molecule has 0 saturated carbocycles. The van der Waals surface area contributed by atoms with E-state index in [4.69, 9.17) is 14.7 Å². The fourth-order valence-electron chi connectivity index (χ4n) is 3.03. The summed E-state index contributed by atoms with van der Waals surface area (Å²) < 4.78 is 11.0. The largest absolute Gasteiger partial charge is 0.379 e. The number of benzene rings is 1. The topological polar surface area (TPSA) is 48.7 Å². The van der Waals surface area contributed by atoms with Gasteiger partial charge in [0.1, 0.15) is 0 Å². The molecule has 0 spiro atoms. The molecule has 1 aromatic rings. The first-order valence-electron chi connectivity index (χ1n) is 7.52. The van der Waals surface area contributed by atoms with Crippen LogP contribution >= 0.6 is 0 Å². The van der Waals surface area contributed by atoms with Crippen molar-refractivity contribution in [2.45, 2.75) is 6.17 Å². The van der Waals surface area contributed by atoms with Crippen molar-refractivity contribution in [3.63, 3.8) is 0 Å². The number of ether oxygens (including phenoxy) is 2. The van der Waals surface area contributed by atoms with Gasteiger partial charge in [0.25, 0.3) is 0 Å². The Bertz CT molecular complexity index is 467. The van der Waals surface area contributed by atoms with Gasteiger partial charge in [0, 0.05) is 26.2 Å². The monoisotopic (exact) mass is 287 g/mol. The van der Waals surface area contributed by atoms with Gasteiger partial charge >= 0.3 is 0 Å². The molecule has 21 heavy (non-hydrogen) atoms. The fourth-order valence-corrected chi connectivity index (χ4v) is 3.03. The van der Waals surface area contributed by atoms with E-state index in [2.05, 4.69) is 28.0 Å². The molecule has 0 aromatic heterocycles. The quantitative estimate of drug-likeness (QED) is 0.836. The Labute approximate surface area is 125 Å². The lowest BCUT2D eigenvalue weighted by molar-refractivity contribution is -0.0676. The zero-order valence-electron chi connectivity index (χ0n) is 12.2. The summed E-state index contributed by atoms with van der Waals surface area (Å²) in [5.41, 5.74) is 1.96. The van der Waals surface area contributed by atoms with Gasteiger partial charge < -0.3 is 9.47 Å². The standard InChI is InChI=1S/C16H21N3O2/c17-13-14-1-3-15(4-2-14)16(18-5-9-20-10-6-18)19-7-11-21-12-8-19/h1-4,16H,5-12H2. The molecule has 2 fully saturated rings. The molecular weight excluding hydrogens is 266 g/mol. The lowest BCUT2D eigenvalue weighted by Crippen LogP contribution is -2.50. The molecule has 0 aliphatic carbocycles. The van der Waals surface area contributed by atoms with E-state index in [9.17, 15) is 0 Å². The smallest absolute Gasteiger partial charge is 0.0991 e. The van der Waals surface area contributed by atoms with Gasteiger partial charge in [-0.2, -0.15) is 5.26 Å². The maximum Gasteiger partial charge on any atom is 0.0991 e. The molecule has 112 valence electrons. The summed E-state index contributed by atoms with van der Waals surface area (Å²) >= 11 is 0. The van der Waals surface area contributed by atoms with Crippen LogP contribution in [0.1, 0.15) is 17.3 Å². The molecule has 2 saturated heterocycles. The molecule has 2 aliphatic rings. The van der Waals surface area contributed by atoms with Crippen molar-refractivity contribution in [2.24, 2.45) is 0 Å². The predicted octanol–water partition coefficient (Wildman–Crippen LogP) is 1.22. The normalized spacial score (nSPS) is 21.3. The number of hydrogen-bond donors (Lipinski definition) is 0. The van der Waals surface area contributed by atoms with Gasteiger partial charge in [-0.15, -0.1) is 0 Å². The molecule has 0 atom stereocenters. The summed E-state index contributed by atoms with van der Waals surface area (Å²) in [6.07, 6.45) is 0.255. The van der Waals surface area contributed by atoms with Crippen LogP contribution in [0.25, 0.3) is 0 Å². The molecule has 1 aromatic carbocycles. The van der Waals surface area contributed by atoms with Gasteiger partial charge in [0.2, 0.25) is 0 Å². The van der Waals surface area contributed by atoms with E-state index in [0.717, 1.165) is 52.6 Å². The van der Waals surface area contributed by atoms with Crippen molar-refractivity contribution in [3.05, 3.63) is 35.4 Å². The molecule has 2 aliphatic heterocycles. The molecule has 2 heterocycles. The fraction of sp³-hybridized carbons (Fsp3) is 0.562. The van der Waals surface area contributed by atoms with Crippen LogP contribution in [0.4, 0.5) is 0 Å². The van der Waals surface area contributed by atoms with Crippen LogP contribution < -0.4 is 0 Å². The summed E-state index contributed by atoms with van der Waals surface area (Å²) in [6.45, 7) is 6.94. The van der Waals surface area contributed by atoms with Crippen LogP contribution in [0.15, 0.2) is 24.3 Å². The minimum Gasteiger partial charge on any atom is -0.379 e. The van der Waals surface area contributed by atoms with E-state index in [0.29, 0.717) is 5.56 Å². The summed E-state index contributed by atoms with van der Waals surface area (Å²) in [7, 11) is 0. The summed E-state index contributed by atoms with van der Waals surface area (Å²) in [5.74, 6) is 0. The van der Waals surface area contributed by atoms with E-state index in [1.165, 1.54) is 5.56 Å². The Balaban J connectivity index is 1.84. The predicted molar refractivity (Wildman–Crippen MR) is 78.7 cm³/mol. The minimum atomic E-state index is 0.255. The highest BCUT2D eigenvalue weighted by Crippen LogP contribution is 2.27. The average molecular weight is 287 g/mol. The van der Waals surface area contributed by atoms with E-state index in [1.54, 1.807) is 0 Å². The second-order valence-electron chi connectivity index (χ2n) is 5.40. The molecule has 0 amide bonds. The van der Waals surface area contributed by atoms with E-state index < -0.39 is 0 Å². The van der Waals surface area contributed by atoms with Crippen molar-refractivity contribution in [1.82, 2.24) is 9.80 Å². The van der Waals surface area contributed by atoms with Crippen LogP contribution in [0.5, 0.6) is 0 Å². The summed E-state index contributed by atoms with van der Waals surface area (Å²) in [4.78, 5) is 4.94. The SMILES string of the molecule is N#Cc1ccc(C(N2CCOCC2)N2CCOCC2)cc1. The average Bonchev–Trinajstić information content (AvgIpc) is 2.58. The van der Waals surface area contributed by atoms with Gasteiger partial charge in [0.05, 0.1) is 44.2 Å². The van der Waals surface area contributed by atoms with E-state index in [1.807, 2.05) is 12.1 Å². The van der Waals surface area contributed by atoms with Crippen molar-refractivity contribution in [1.29, 1.82) is 5.26 Å². The third-order valence-electron chi connectivity index (χ3n) is 4.12. The highest BCUT2D eigenvalue weighted by molar-refractivity contribution is 5.32. The highest BCUT2D eigenvalue weighted by atomic mass is 16.5. The number of morpholine rings is 2. The van der Waals surface area contributed by atoms with Gasteiger partial charge in [-0.05, 0) is 17.7 Å². The highest BCUT2D eigenvalue weighted by Gasteiger charge is 2.29. The van der Waals surface area contributed by atoms with Crippen molar-refractivity contribution >= 4 is 0 Å². The minimum absolute atomic E-state index is 0.255. The first kappa shape index (κ1) is 14.5. The lowest BCUT2D eigenvalue weighted by Gasteiger charge is -2.43. The second-order valence-corrected chi connectivity index (χ2v) is 5.40. The molecule has 0 N–H and O–H groups in total. The molecule has 5 heteroatoms. The van der Waals surface area contributed by atoms with Crippen LogP contribution in [0.2, 0.25) is 0 Å². The van der Waals surface area contributed by atoms with Crippen molar-refractivity contribution in [3.8, 4) is 6.07 Å². The third-order valence-corrected chi connectivity index (χ3v) is 4.12. The zero-order chi connectivity index (χ0) is 14.5. The number of nitrogens with zero attached hydrogens (tertiary/aromatic N) is 3. The first-order valence-corrected chi connectivity index (χ1v) is 7.52. The molecule has 0 unspecified atom stereocenters. The molecule has 3 rings (SSSR count). The van der Waals surface area contributed by atoms with E-state index in [-0.39, 0.29) is 6.17 Å². The maximum atomic E-state index is 8.96. The number of hydrogen-bond acceptors (Lipinski definition) is 5. The summed E-state index contributed by atoms with van der Waals surface area (Å²) in [5, 5.41) is 8.96. The van der Waals surface area contributed by atoms with Gasteiger partial charge in [0.15, 0.2) is 0 Å². The van der Waals surface area contributed by atoms with Crippen LogP contribution in [-0.4, -0.2) is 62.4 Å². The molecule has 0 radical (unpaired) electrons. The van der Waals surface area contributed by atoms with E-state index >= 15 is 0 Å². The van der Waals surface area contributed by atoms with Crippen LogP contribution in [0, 0.1) is 11.3 Å². The molecule has 0 bridgehead atoms. The van der Waals surface area contributed by atoms with Crippen LogP contribution in [-0.2, 0) is 9.47 Å². The second kappa shape index (κ2) is 7.01.